The summed E-state index contributed by atoms with van der Waals surface area (Å²) in [5, 5.41) is 3.06. The number of ketones is 1. The molecule has 1 N–H and O–H groups in total. The Morgan fingerprint density at radius 1 is 1.03 bits per heavy atom. The van der Waals surface area contributed by atoms with Crippen LogP contribution in [-0.2, 0) is 11.2 Å². The van der Waals surface area contributed by atoms with E-state index in [1.807, 2.05) is 0 Å². The SMILES string of the molecule is CCCc1ccc(C(NC(=O)COc2ccc(C(C)=O)cc2OC)C(C)C)cc1. The van der Waals surface area contributed by atoms with Gasteiger partial charge in [-0.15, -0.1) is 0 Å². The molecular formula is C24H31NO4. The highest BCUT2D eigenvalue weighted by atomic mass is 16.5. The smallest absolute Gasteiger partial charge is 0.258 e. The minimum Gasteiger partial charge on any atom is -0.493 e. The Labute approximate surface area is 173 Å². The summed E-state index contributed by atoms with van der Waals surface area (Å²) in [4.78, 5) is 24.0. The Kier molecular flexibility index (Phi) is 8.25. The lowest BCUT2D eigenvalue weighted by Crippen LogP contribution is -2.35. The van der Waals surface area contributed by atoms with Gasteiger partial charge in [0.05, 0.1) is 13.2 Å². The largest absolute Gasteiger partial charge is 0.493 e. The van der Waals surface area contributed by atoms with E-state index in [0.717, 1.165) is 18.4 Å². The highest BCUT2D eigenvalue weighted by molar-refractivity contribution is 5.94. The molecule has 1 unspecified atom stereocenters. The van der Waals surface area contributed by atoms with Crippen LogP contribution in [0.2, 0.25) is 0 Å². The maximum absolute atomic E-state index is 12.5. The number of nitrogens with one attached hydrogen (secondary N) is 1. The molecule has 0 spiro atoms. The van der Waals surface area contributed by atoms with Crippen LogP contribution < -0.4 is 14.8 Å². The van der Waals surface area contributed by atoms with Crippen molar-refractivity contribution in [1.82, 2.24) is 5.32 Å². The molecule has 5 heteroatoms. The Balaban J connectivity index is 2.03. The summed E-state index contributed by atoms with van der Waals surface area (Å²) in [6.07, 6.45) is 2.16. The lowest BCUT2D eigenvalue weighted by Gasteiger charge is -2.23. The first kappa shape index (κ1) is 22.5. The molecule has 0 heterocycles. The van der Waals surface area contributed by atoms with Crippen molar-refractivity contribution in [2.24, 2.45) is 5.92 Å². The second-order valence-corrected chi connectivity index (χ2v) is 7.49. The first-order chi connectivity index (χ1) is 13.8. The standard InChI is InChI=1S/C24H31NO4/c1-6-7-18-8-10-19(11-9-18)24(16(2)3)25-23(27)15-29-21-13-12-20(17(4)26)14-22(21)28-5/h8-14,16,24H,6-7,15H2,1-5H3,(H,25,27). The Bertz CT molecular complexity index is 827. The van der Waals surface area contributed by atoms with Crippen molar-refractivity contribution >= 4 is 11.7 Å². The summed E-state index contributed by atoms with van der Waals surface area (Å²) in [6.45, 7) is 7.68. The van der Waals surface area contributed by atoms with Crippen molar-refractivity contribution in [3.8, 4) is 11.5 Å². The van der Waals surface area contributed by atoms with E-state index >= 15 is 0 Å². The predicted molar refractivity (Wildman–Crippen MR) is 115 cm³/mol. The number of rotatable bonds is 10. The van der Waals surface area contributed by atoms with Gasteiger partial charge in [-0.2, -0.15) is 0 Å². The van der Waals surface area contributed by atoms with Gasteiger partial charge in [0.1, 0.15) is 0 Å². The Hall–Kier alpha value is -2.82. The summed E-state index contributed by atoms with van der Waals surface area (Å²) in [6, 6.07) is 13.2. The second-order valence-electron chi connectivity index (χ2n) is 7.49. The van der Waals surface area contributed by atoms with Gasteiger partial charge in [-0.1, -0.05) is 51.5 Å². The maximum atomic E-state index is 12.5. The second kappa shape index (κ2) is 10.6. The summed E-state index contributed by atoms with van der Waals surface area (Å²) in [5.41, 5.74) is 2.91. The number of Topliss-reactive ketones (excluding diaryl/α,β-unsaturated/α-hetero) is 1. The van der Waals surface area contributed by atoms with Gasteiger partial charge < -0.3 is 14.8 Å². The van der Waals surface area contributed by atoms with E-state index in [1.165, 1.54) is 19.6 Å². The fourth-order valence-electron chi connectivity index (χ4n) is 3.18. The zero-order valence-corrected chi connectivity index (χ0v) is 18.0. The van der Waals surface area contributed by atoms with Crippen LogP contribution in [0.4, 0.5) is 0 Å². The maximum Gasteiger partial charge on any atom is 0.258 e. The van der Waals surface area contributed by atoms with Crippen LogP contribution >= 0.6 is 0 Å². The van der Waals surface area contributed by atoms with Crippen LogP contribution in [-0.4, -0.2) is 25.4 Å². The number of methoxy groups -OCH3 is 1. The van der Waals surface area contributed by atoms with Gasteiger partial charge in [0, 0.05) is 5.56 Å². The monoisotopic (exact) mass is 397 g/mol. The van der Waals surface area contributed by atoms with Gasteiger partial charge in [0.15, 0.2) is 23.9 Å². The topological polar surface area (TPSA) is 64.6 Å². The van der Waals surface area contributed by atoms with Crippen LogP contribution in [0.3, 0.4) is 0 Å². The van der Waals surface area contributed by atoms with Crippen LogP contribution in [0.15, 0.2) is 42.5 Å². The van der Waals surface area contributed by atoms with E-state index in [2.05, 4.69) is 50.4 Å². The molecule has 0 aliphatic rings. The minimum atomic E-state index is -0.209. The van der Waals surface area contributed by atoms with Crippen molar-refractivity contribution < 1.29 is 19.1 Å². The lowest BCUT2D eigenvalue weighted by atomic mass is 9.94. The van der Waals surface area contributed by atoms with E-state index < -0.39 is 0 Å². The number of benzene rings is 2. The van der Waals surface area contributed by atoms with Crippen LogP contribution in [0, 0.1) is 5.92 Å². The molecule has 0 saturated carbocycles. The molecule has 0 aliphatic heterocycles. The van der Waals surface area contributed by atoms with Crippen molar-refractivity contribution in [3.63, 3.8) is 0 Å². The number of aryl methyl sites for hydroxylation is 1. The molecule has 1 atom stereocenters. The molecule has 0 saturated heterocycles. The minimum absolute atomic E-state index is 0.0580. The normalized spacial score (nSPS) is 11.8. The summed E-state index contributed by atoms with van der Waals surface area (Å²) < 4.78 is 10.9. The van der Waals surface area contributed by atoms with E-state index in [1.54, 1.807) is 18.2 Å². The number of amides is 1. The molecule has 29 heavy (non-hydrogen) atoms. The zero-order chi connectivity index (χ0) is 21.4. The average Bonchev–Trinajstić information content (AvgIpc) is 2.71. The molecule has 0 fully saturated rings. The van der Waals surface area contributed by atoms with Gasteiger partial charge in [-0.25, -0.2) is 0 Å². The predicted octanol–water partition coefficient (Wildman–Crippen LogP) is 4.74. The Morgan fingerprint density at radius 2 is 1.72 bits per heavy atom. The Morgan fingerprint density at radius 3 is 2.28 bits per heavy atom. The third-order valence-electron chi connectivity index (χ3n) is 4.79. The molecular weight excluding hydrogens is 366 g/mol. The number of carbonyl (C=O) groups is 2. The number of hydrogen-bond donors (Lipinski definition) is 1. The molecule has 156 valence electrons. The molecule has 2 rings (SSSR count). The molecule has 5 nitrogen and oxygen atoms in total. The molecule has 2 aromatic rings. The van der Waals surface area contributed by atoms with Crippen molar-refractivity contribution in [3.05, 3.63) is 59.2 Å². The lowest BCUT2D eigenvalue weighted by molar-refractivity contribution is -0.124. The zero-order valence-electron chi connectivity index (χ0n) is 18.0. The van der Waals surface area contributed by atoms with Gasteiger partial charge >= 0.3 is 0 Å². The number of hydrogen-bond acceptors (Lipinski definition) is 4. The molecule has 0 aliphatic carbocycles. The molecule has 0 bridgehead atoms. The quantitative estimate of drug-likeness (QED) is 0.588. The fraction of sp³-hybridized carbons (Fsp3) is 0.417. The highest BCUT2D eigenvalue weighted by Crippen LogP contribution is 2.28. The van der Waals surface area contributed by atoms with E-state index in [-0.39, 0.29) is 30.3 Å². The number of ether oxygens (including phenoxy) is 2. The number of carbonyl (C=O) groups excluding carboxylic acids is 2. The summed E-state index contributed by atoms with van der Waals surface area (Å²) >= 11 is 0. The van der Waals surface area contributed by atoms with Crippen molar-refractivity contribution in [1.29, 1.82) is 0 Å². The molecule has 1 amide bonds. The van der Waals surface area contributed by atoms with Gasteiger partial charge in [-0.3, -0.25) is 9.59 Å². The third-order valence-corrected chi connectivity index (χ3v) is 4.79. The first-order valence-corrected chi connectivity index (χ1v) is 10.1. The molecule has 0 radical (unpaired) electrons. The fourth-order valence-corrected chi connectivity index (χ4v) is 3.18. The van der Waals surface area contributed by atoms with Gasteiger partial charge in [-0.05, 0) is 48.6 Å². The first-order valence-electron chi connectivity index (χ1n) is 10.1. The van der Waals surface area contributed by atoms with Gasteiger partial charge in [0.25, 0.3) is 5.91 Å². The molecule has 0 aromatic heterocycles. The van der Waals surface area contributed by atoms with Crippen molar-refractivity contribution in [2.75, 3.05) is 13.7 Å². The van der Waals surface area contributed by atoms with Crippen LogP contribution in [0.1, 0.15) is 61.6 Å². The van der Waals surface area contributed by atoms with E-state index in [4.69, 9.17) is 9.47 Å². The third kappa shape index (κ3) is 6.34. The highest BCUT2D eigenvalue weighted by Gasteiger charge is 2.19. The van der Waals surface area contributed by atoms with Crippen LogP contribution in [0.5, 0.6) is 11.5 Å². The average molecular weight is 398 g/mol. The van der Waals surface area contributed by atoms with E-state index in [0.29, 0.717) is 17.1 Å². The van der Waals surface area contributed by atoms with Crippen LogP contribution in [0.25, 0.3) is 0 Å². The van der Waals surface area contributed by atoms with E-state index in [9.17, 15) is 9.59 Å². The van der Waals surface area contributed by atoms with Gasteiger partial charge in [0.2, 0.25) is 0 Å². The summed E-state index contributed by atoms with van der Waals surface area (Å²) in [7, 11) is 1.50. The van der Waals surface area contributed by atoms with Crippen molar-refractivity contribution in [2.45, 2.75) is 46.6 Å². The summed E-state index contributed by atoms with van der Waals surface area (Å²) in [5.74, 6) is 0.826. The molecule has 2 aromatic carbocycles.